The maximum absolute atomic E-state index is 8.92. The third-order valence-electron chi connectivity index (χ3n) is 1.85. The molecule has 1 aromatic rings. The molecule has 0 aromatic heterocycles. The molecule has 0 spiro atoms. The van der Waals surface area contributed by atoms with E-state index in [-0.39, 0.29) is 6.61 Å². The summed E-state index contributed by atoms with van der Waals surface area (Å²) in [4.78, 5) is 0. The Bertz CT molecular complexity index is 201. The van der Waals surface area contributed by atoms with E-state index in [1.54, 1.807) is 7.11 Å². The third kappa shape index (κ3) is 1.98. The Balaban J connectivity index is 3.01. The lowest BCUT2D eigenvalue weighted by atomic mass is 10.1. The molecule has 0 atom stereocenters. The normalized spacial score (nSPS) is 9.92. The van der Waals surface area contributed by atoms with Crippen LogP contribution in [0.3, 0.4) is 0 Å². The van der Waals surface area contributed by atoms with Crippen molar-refractivity contribution >= 4 is 0 Å². The van der Waals surface area contributed by atoms with Gasteiger partial charge in [0.2, 0.25) is 0 Å². The van der Waals surface area contributed by atoms with Crippen LogP contribution in [0.15, 0.2) is 18.2 Å². The fraction of sp³-hybridized carbons (Fsp3) is 0.400. The van der Waals surface area contributed by atoms with Crippen LogP contribution < -0.4 is 4.74 Å². The fourth-order valence-corrected chi connectivity index (χ4v) is 1.14. The summed E-state index contributed by atoms with van der Waals surface area (Å²) in [6.07, 6.45) is 0.962. The van der Waals surface area contributed by atoms with Crippen LogP contribution in [0.5, 0.6) is 5.75 Å². The summed E-state index contributed by atoms with van der Waals surface area (Å²) in [6.45, 7) is 2.15. The Kier molecular flexibility index (Phi) is 3.11. The molecule has 1 rings (SSSR count). The first-order chi connectivity index (χ1) is 5.80. The van der Waals surface area contributed by atoms with Crippen LogP contribution in [0.2, 0.25) is 0 Å². The maximum Gasteiger partial charge on any atom is 0.119 e. The van der Waals surface area contributed by atoms with Gasteiger partial charge in [0.1, 0.15) is 5.75 Å². The van der Waals surface area contributed by atoms with E-state index in [9.17, 15) is 0 Å². The second-order valence-corrected chi connectivity index (χ2v) is 2.70. The molecule has 1 aromatic carbocycles. The van der Waals surface area contributed by atoms with E-state index in [1.165, 1.54) is 5.56 Å². The first kappa shape index (κ1) is 9.07. The second kappa shape index (κ2) is 4.12. The minimum absolute atomic E-state index is 0.0736. The number of ether oxygens (including phenoxy) is 1. The van der Waals surface area contributed by atoms with E-state index in [4.69, 9.17) is 9.84 Å². The molecule has 2 nitrogen and oxygen atoms in total. The van der Waals surface area contributed by atoms with Crippen molar-refractivity contribution in [1.29, 1.82) is 0 Å². The van der Waals surface area contributed by atoms with Gasteiger partial charge >= 0.3 is 0 Å². The third-order valence-corrected chi connectivity index (χ3v) is 1.85. The molecule has 66 valence electrons. The number of hydrogen-bond acceptors (Lipinski definition) is 2. The van der Waals surface area contributed by atoms with Gasteiger partial charge in [-0.15, -0.1) is 0 Å². The van der Waals surface area contributed by atoms with Crippen LogP contribution >= 0.6 is 0 Å². The quantitative estimate of drug-likeness (QED) is 0.741. The fourth-order valence-electron chi connectivity index (χ4n) is 1.14. The van der Waals surface area contributed by atoms with Crippen LogP contribution in [-0.2, 0) is 13.0 Å². The van der Waals surface area contributed by atoms with Gasteiger partial charge in [-0.25, -0.2) is 0 Å². The zero-order valence-electron chi connectivity index (χ0n) is 7.50. The van der Waals surface area contributed by atoms with Crippen LogP contribution in [0.1, 0.15) is 18.1 Å². The van der Waals surface area contributed by atoms with Crippen LogP contribution in [0.25, 0.3) is 0 Å². The zero-order chi connectivity index (χ0) is 8.97. The Morgan fingerprint density at radius 1 is 1.25 bits per heavy atom. The van der Waals surface area contributed by atoms with E-state index in [2.05, 4.69) is 6.92 Å². The van der Waals surface area contributed by atoms with Gasteiger partial charge in [-0.1, -0.05) is 13.0 Å². The Morgan fingerprint density at radius 3 is 2.42 bits per heavy atom. The van der Waals surface area contributed by atoms with Gasteiger partial charge in [-0.2, -0.15) is 0 Å². The highest BCUT2D eigenvalue weighted by atomic mass is 16.5. The van der Waals surface area contributed by atoms with Crippen LogP contribution in [0.4, 0.5) is 0 Å². The highest BCUT2D eigenvalue weighted by molar-refractivity contribution is 5.34. The van der Waals surface area contributed by atoms with Gasteiger partial charge in [0, 0.05) is 0 Å². The monoisotopic (exact) mass is 166 g/mol. The van der Waals surface area contributed by atoms with Gasteiger partial charge in [-0.05, 0) is 29.7 Å². The van der Waals surface area contributed by atoms with Crippen molar-refractivity contribution in [3.63, 3.8) is 0 Å². The summed E-state index contributed by atoms with van der Waals surface area (Å²) in [7, 11) is 1.63. The number of methoxy groups -OCH3 is 1. The van der Waals surface area contributed by atoms with Crippen molar-refractivity contribution in [2.45, 2.75) is 20.0 Å². The van der Waals surface area contributed by atoms with Gasteiger partial charge < -0.3 is 9.84 Å². The molecule has 0 unspecified atom stereocenters. The van der Waals surface area contributed by atoms with E-state index in [0.29, 0.717) is 0 Å². The minimum Gasteiger partial charge on any atom is -0.497 e. The van der Waals surface area contributed by atoms with Gasteiger partial charge in [0.15, 0.2) is 0 Å². The molecular weight excluding hydrogens is 152 g/mol. The number of hydrogen-bond donors (Lipinski definition) is 1. The molecule has 0 saturated carbocycles. The summed E-state index contributed by atoms with van der Waals surface area (Å²) in [5.74, 6) is 0.818. The summed E-state index contributed by atoms with van der Waals surface area (Å²) < 4.78 is 5.09. The summed E-state index contributed by atoms with van der Waals surface area (Å²) >= 11 is 0. The number of aryl methyl sites for hydroxylation is 1. The molecule has 0 bridgehead atoms. The lowest BCUT2D eigenvalue weighted by molar-refractivity contribution is 0.281. The molecule has 0 aliphatic rings. The van der Waals surface area contributed by atoms with Crippen molar-refractivity contribution < 1.29 is 9.84 Å². The first-order valence-corrected chi connectivity index (χ1v) is 4.07. The second-order valence-electron chi connectivity index (χ2n) is 2.70. The van der Waals surface area contributed by atoms with Crippen LogP contribution in [0, 0.1) is 0 Å². The molecule has 0 radical (unpaired) electrons. The minimum atomic E-state index is 0.0736. The van der Waals surface area contributed by atoms with Gasteiger partial charge in [-0.3, -0.25) is 0 Å². The smallest absolute Gasteiger partial charge is 0.119 e. The van der Waals surface area contributed by atoms with E-state index >= 15 is 0 Å². The molecule has 0 saturated heterocycles. The molecule has 0 amide bonds. The number of benzene rings is 1. The zero-order valence-corrected chi connectivity index (χ0v) is 7.50. The molecule has 0 fully saturated rings. The summed E-state index contributed by atoms with van der Waals surface area (Å²) in [5.41, 5.74) is 2.10. The van der Waals surface area contributed by atoms with Crippen LogP contribution in [-0.4, -0.2) is 12.2 Å². The van der Waals surface area contributed by atoms with Crippen molar-refractivity contribution in [1.82, 2.24) is 0 Å². The lowest BCUT2D eigenvalue weighted by Crippen LogP contribution is -1.90. The van der Waals surface area contributed by atoms with E-state index < -0.39 is 0 Å². The Morgan fingerprint density at radius 2 is 1.92 bits per heavy atom. The highest BCUT2D eigenvalue weighted by Crippen LogP contribution is 2.17. The lowest BCUT2D eigenvalue weighted by Gasteiger charge is -2.05. The average Bonchev–Trinajstić information content (AvgIpc) is 2.16. The summed E-state index contributed by atoms with van der Waals surface area (Å²) in [5, 5.41) is 8.92. The number of aliphatic hydroxyl groups is 1. The molecule has 12 heavy (non-hydrogen) atoms. The maximum atomic E-state index is 8.92. The molecule has 0 aliphatic heterocycles. The standard InChI is InChI=1S/C10H14O2/c1-3-8-4-9(7-11)6-10(5-8)12-2/h4-6,11H,3,7H2,1-2H3. The largest absolute Gasteiger partial charge is 0.497 e. The van der Waals surface area contributed by atoms with Crippen molar-refractivity contribution in [2.75, 3.05) is 7.11 Å². The number of rotatable bonds is 3. The van der Waals surface area contributed by atoms with Crippen molar-refractivity contribution in [2.24, 2.45) is 0 Å². The summed E-state index contributed by atoms with van der Waals surface area (Å²) in [6, 6.07) is 5.82. The molecular formula is C10H14O2. The molecule has 1 N–H and O–H groups in total. The number of aliphatic hydroxyl groups excluding tert-OH is 1. The van der Waals surface area contributed by atoms with Gasteiger partial charge in [0.05, 0.1) is 13.7 Å². The highest BCUT2D eigenvalue weighted by Gasteiger charge is 1.98. The van der Waals surface area contributed by atoms with E-state index in [0.717, 1.165) is 17.7 Å². The predicted octanol–water partition coefficient (Wildman–Crippen LogP) is 1.75. The SMILES string of the molecule is CCc1cc(CO)cc(OC)c1. The molecule has 0 heterocycles. The Labute approximate surface area is 72.8 Å². The average molecular weight is 166 g/mol. The first-order valence-electron chi connectivity index (χ1n) is 4.07. The van der Waals surface area contributed by atoms with Crippen molar-refractivity contribution in [3.8, 4) is 5.75 Å². The van der Waals surface area contributed by atoms with Gasteiger partial charge in [0.25, 0.3) is 0 Å². The topological polar surface area (TPSA) is 29.5 Å². The van der Waals surface area contributed by atoms with Crippen molar-refractivity contribution in [3.05, 3.63) is 29.3 Å². The molecule has 0 aliphatic carbocycles. The van der Waals surface area contributed by atoms with E-state index in [1.807, 2.05) is 18.2 Å². The Hall–Kier alpha value is -1.02. The molecule has 2 heteroatoms. The predicted molar refractivity (Wildman–Crippen MR) is 48.3 cm³/mol.